The van der Waals surface area contributed by atoms with Crippen molar-refractivity contribution in [2.75, 3.05) is 0 Å². The summed E-state index contributed by atoms with van der Waals surface area (Å²) in [4.78, 5) is 3.73. The fraction of sp³-hybridized carbons (Fsp3) is 0.442. The van der Waals surface area contributed by atoms with Gasteiger partial charge in [0.2, 0.25) is 0 Å². The van der Waals surface area contributed by atoms with Crippen LogP contribution in [0.3, 0.4) is 0 Å². The van der Waals surface area contributed by atoms with Crippen molar-refractivity contribution in [3.05, 3.63) is 119 Å². The van der Waals surface area contributed by atoms with Crippen molar-refractivity contribution in [2.24, 2.45) is 0 Å². The van der Waals surface area contributed by atoms with Gasteiger partial charge >= 0.3 is 6.18 Å². The maximum atomic E-state index is 12.0. The van der Waals surface area contributed by atoms with E-state index in [9.17, 15) is 26.1 Å². The average Bonchev–Trinajstić information content (AvgIpc) is 3.16. The lowest BCUT2D eigenvalue weighted by Gasteiger charge is -2.23. The SMILES string of the molecule is O=S(=O)([O-])c1ccc(C(F)(F)F)cc1.c1cc([S+](c2ccc(C3CCCCC3)cc2)c2ccc(C3CCCCC3)cc2)ccc1C1CCCCC1. The third-order valence-electron chi connectivity index (χ3n) is 11.0. The smallest absolute Gasteiger partial charge is 0.416 e. The molecule has 3 fully saturated rings. The summed E-state index contributed by atoms with van der Waals surface area (Å²) in [6.45, 7) is 0. The van der Waals surface area contributed by atoms with Crippen molar-refractivity contribution in [1.82, 2.24) is 0 Å². The summed E-state index contributed by atoms with van der Waals surface area (Å²) in [6.07, 6.45) is 16.4. The number of hydrogen-bond acceptors (Lipinski definition) is 3. The number of benzene rings is 4. The molecule has 8 heteroatoms. The molecule has 0 atom stereocenters. The molecular formula is C43H49F3O3S2. The van der Waals surface area contributed by atoms with E-state index < -0.39 is 26.8 Å². The number of hydrogen-bond donors (Lipinski definition) is 0. The fourth-order valence-corrected chi connectivity index (χ4v) is 10.7. The fourth-order valence-electron chi connectivity index (χ4n) is 8.15. The minimum absolute atomic E-state index is 0.0542. The zero-order valence-electron chi connectivity index (χ0n) is 29.3. The number of rotatable bonds is 7. The molecule has 0 aliphatic heterocycles. The molecular weight excluding hydrogens is 686 g/mol. The maximum absolute atomic E-state index is 12.0. The van der Waals surface area contributed by atoms with Gasteiger partial charge in [-0.25, -0.2) is 8.42 Å². The summed E-state index contributed by atoms with van der Waals surface area (Å²) in [6, 6.07) is 31.8. The van der Waals surface area contributed by atoms with Crippen LogP contribution in [0.2, 0.25) is 0 Å². The van der Waals surface area contributed by atoms with Gasteiger partial charge in [0.25, 0.3) is 0 Å². The molecule has 0 aromatic heterocycles. The van der Waals surface area contributed by atoms with Crippen molar-refractivity contribution < 1.29 is 26.1 Å². The zero-order chi connectivity index (χ0) is 35.8. The first-order valence-electron chi connectivity index (χ1n) is 18.7. The Hall–Kier alpha value is -3.07. The van der Waals surface area contributed by atoms with E-state index >= 15 is 0 Å². The third kappa shape index (κ3) is 10.1. The molecule has 0 spiro atoms. The van der Waals surface area contributed by atoms with E-state index in [2.05, 4.69) is 72.8 Å². The highest BCUT2D eigenvalue weighted by Gasteiger charge is 2.31. The van der Waals surface area contributed by atoms with Gasteiger partial charge in [0.05, 0.1) is 21.4 Å². The van der Waals surface area contributed by atoms with Gasteiger partial charge in [-0.1, -0.05) is 94.2 Å². The summed E-state index contributed by atoms with van der Waals surface area (Å²) in [5.41, 5.74) is 3.69. The Kier molecular flexibility index (Phi) is 12.7. The summed E-state index contributed by atoms with van der Waals surface area (Å²) in [7, 11) is -4.74. The molecule has 272 valence electrons. The summed E-state index contributed by atoms with van der Waals surface area (Å²) in [5.74, 6) is 2.32. The molecule has 3 nitrogen and oxygen atoms in total. The molecule has 3 aliphatic carbocycles. The number of alkyl halides is 3. The molecule has 3 saturated carbocycles. The van der Waals surface area contributed by atoms with Crippen LogP contribution in [0.25, 0.3) is 0 Å². The first kappa shape index (κ1) is 37.7. The predicted molar refractivity (Wildman–Crippen MR) is 198 cm³/mol. The minimum Gasteiger partial charge on any atom is -0.744 e. The highest BCUT2D eigenvalue weighted by Crippen LogP contribution is 2.39. The summed E-state index contributed by atoms with van der Waals surface area (Å²) in [5, 5.41) is 0. The van der Waals surface area contributed by atoms with Crippen LogP contribution in [0.1, 0.15) is 136 Å². The van der Waals surface area contributed by atoms with E-state index in [0.717, 1.165) is 17.8 Å². The topological polar surface area (TPSA) is 57.2 Å². The second-order valence-electron chi connectivity index (χ2n) is 14.5. The lowest BCUT2D eigenvalue weighted by molar-refractivity contribution is -0.137. The van der Waals surface area contributed by atoms with Crippen LogP contribution in [-0.4, -0.2) is 13.0 Å². The monoisotopic (exact) mass is 734 g/mol. The van der Waals surface area contributed by atoms with Crippen LogP contribution in [0.4, 0.5) is 13.2 Å². The van der Waals surface area contributed by atoms with Gasteiger partial charge in [0.15, 0.2) is 14.7 Å². The Morgan fingerprint density at radius 3 is 1.02 bits per heavy atom. The molecule has 0 unspecified atom stereocenters. The Morgan fingerprint density at radius 2 is 0.765 bits per heavy atom. The Bertz CT molecular complexity index is 1620. The van der Waals surface area contributed by atoms with Gasteiger partial charge in [0, 0.05) is 0 Å². The standard InChI is InChI=1S/C36H45S.C7H5F3O3S/c1-4-10-28(11-5-1)31-16-22-34(23-17-31)37(35-24-18-32(19-25-35)29-12-6-2-7-13-29)36-26-20-33(21-27-36)30-14-8-3-9-15-30;8-7(9,10)5-1-3-6(4-2-5)14(11,12)13/h16-30H,1-15H2;1-4H,(H,11,12,13)/q+1;/p-1. The zero-order valence-corrected chi connectivity index (χ0v) is 30.9. The molecule has 7 rings (SSSR count). The molecule has 0 saturated heterocycles. The number of halogens is 3. The lowest BCUT2D eigenvalue weighted by Crippen LogP contribution is -2.09. The molecule has 0 bridgehead atoms. The van der Waals surface area contributed by atoms with Crippen LogP contribution in [0.5, 0.6) is 0 Å². The van der Waals surface area contributed by atoms with Crippen LogP contribution < -0.4 is 0 Å². The largest absolute Gasteiger partial charge is 0.744 e. The second-order valence-corrected chi connectivity index (χ2v) is 17.9. The molecule has 3 aliphatic rings. The summed E-state index contributed by atoms with van der Waals surface area (Å²) < 4.78 is 67.0. The van der Waals surface area contributed by atoms with E-state index in [1.807, 2.05) is 0 Å². The van der Waals surface area contributed by atoms with Crippen molar-refractivity contribution in [1.29, 1.82) is 0 Å². The van der Waals surface area contributed by atoms with Gasteiger partial charge in [0.1, 0.15) is 10.1 Å². The quantitative estimate of drug-likeness (QED) is 0.140. The van der Waals surface area contributed by atoms with Gasteiger partial charge in [-0.15, -0.1) is 0 Å². The van der Waals surface area contributed by atoms with Crippen LogP contribution >= 0.6 is 0 Å². The van der Waals surface area contributed by atoms with Crippen molar-refractivity contribution >= 4 is 21.0 Å². The van der Waals surface area contributed by atoms with Crippen LogP contribution in [-0.2, 0) is 27.2 Å². The van der Waals surface area contributed by atoms with Gasteiger partial charge in [-0.05, 0) is 134 Å². The Labute approximate surface area is 305 Å². The van der Waals surface area contributed by atoms with Crippen molar-refractivity contribution in [3.8, 4) is 0 Å². The average molecular weight is 735 g/mol. The van der Waals surface area contributed by atoms with Crippen molar-refractivity contribution in [3.63, 3.8) is 0 Å². The second kappa shape index (κ2) is 17.2. The predicted octanol–water partition coefficient (Wildman–Crippen LogP) is 12.5. The molecule has 0 N–H and O–H groups in total. The van der Waals surface area contributed by atoms with Gasteiger partial charge in [-0.3, -0.25) is 0 Å². The van der Waals surface area contributed by atoms with E-state index in [0.29, 0.717) is 24.3 Å². The summed E-state index contributed by atoms with van der Waals surface area (Å²) >= 11 is 0. The van der Waals surface area contributed by atoms with E-state index in [1.165, 1.54) is 111 Å². The van der Waals surface area contributed by atoms with E-state index in [4.69, 9.17) is 0 Å². The molecule has 0 amide bonds. The van der Waals surface area contributed by atoms with E-state index in [-0.39, 0.29) is 10.9 Å². The molecule has 0 radical (unpaired) electrons. The van der Waals surface area contributed by atoms with Gasteiger partial charge < -0.3 is 4.55 Å². The highest BCUT2D eigenvalue weighted by atomic mass is 32.2. The lowest BCUT2D eigenvalue weighted by atomic mass is 9.84. The molecule has 0 heterocycles. The van der Waals surface area contributed by atoms with E-state index in [1.54, 1.807) is 16.7 Å². The Morgan fingerprint density at radius 1 is 0.471 bits per heavy atom. The highest BCUT2D eigenvalue weighted by molar-refractivity contribution is 7.97. The van der Waals surface area contributed by atoms with Crippen LogP contribution in [0.15, 0.2) is 117 Å². The molecule has 4 aromatic carbocycles. The minimum atomic E-state index is -4.68. The normalized spacial score (nSPS) is 18.3. The maximum Gasteiger partial charge on any atom is 0.416 e. The molecule has 4 aromatic rings. The van der Waals surface area contributed by atoms with Crippen molar-refractivity contribution in [2.45, 2.75) is 140 Å². The first-order valence-corrected chi connectivity index (χ1v) is 21.4. The van der Waals surface area contributed by atoms with Gasteiger partial charge in [-0.2, -0.15) is 13.2 Å². The Balaban J connectivity index is 0.000000270. The molecule has 51 heavy (non-hydrogen) atoms. The third-order valence-corrected chi connectivity index (χ3v) is 14.1. The van der Waals surface area contributed by atoms with Crippen LogP contribution in [0, 0.1) is 0 Å². The first-order chi connectivity index (χ1) is 24.6.